The van der Waals surface area contributed by atoms with Gasteiger partial charge in [0.1, 0.15) is 12.1 Å². The van der Waals surface area contributed by atoms with Gasteiger partial charge in [0.15, 0.2) is 23.3 Å². The lowest BCUT2D eigenvalue weighted by Gasteiger charge is -2.36. The summed E-state index contributed by atoms with van der Waals surface area (Å²) in [6, 6.07) is 8.30. The number of aryl methyl sites for hydroxylation is 1. The predicted molar refractivity (Wildman–Crippen MR) is 237 cm³/mol. The van der Waals surface area contributed by atoms with Crippen LogP contribution >= 0.6 is 22.7 Å². The van der Waals surface area contributed by atoms with E-state index in [1.807, 2.05) is 78.2 Å². The molecule has 3 atom stereocenters. The van der Waals surface area contributed by atoms with Crippen molar-refractivity contribution in [2.24, 2.45) is 5.41 Å². The molecule has 2 aromatic heterocycles. The van der Waals surface area contributed by atoms with Crippen molar-refractivity contribution in [2.45, 2.75) is 85.9 Å². The third kappa shape index (κ3) is 11.0. The average molecular weight is 892 g/mol. The van der Waals surface area contributed by atoms with Crippen molar-refractivity contribution in [1.82, 2.24) is 30.8 Å². The van der Waals surface area contributed by atoms with Crippen molar-refractivity contribution in [3.05, 3.63) is 81.3 Å². The summed E-state index contributed by atoms with van der Waals surface area (Å²) >= 11 is 2.95. The number of aromatic nitrogens is 2. The van der Waals surface area contributed by atoms with Crippen molar-refractivity contribution in [1.29, 1.82) is 0 Å². The van der Waals surface area contributed by atoms with Crippen molar-refractivity contribution < 1.29 is 37.4 Å². The van der Waals surface area contributed by atoms with Crippen LogP contribution in [0.4, 0.5) is 13.9 Å². The van der Waals surface area contributed by atoms with E-state index < -0.39 is 47.4 Å². The van der Waals surface area contributed by atoms with Gasteiger partial charge in [0.05, 0.1) is 41.0 Å². The van der Waals surface area contributed by atoms with Gasteiger partial charge in [0.25, 0.3) is 5.91 Å². The lowest BCUT2D eigenvalue weighted by atomic mass is 9.85. The zero-order valence-electron chi connectivity index (χ0n) is 36.2. The molecule has 2 aliphatic heterocycles. The van der Waals surface area contributed by atoms with E-state index in [0.717, 1.165) is 44.0 Å². The van der Waals surface area contributed by atoms with Gasteiger partial charge in [-0.3, -0.25) is 19.2 Å². The van der Waals surface area contributed by atoms with Gasteiger partial charge in [0.2, 0.25) is 23.5 Å². The summed E-state index contributed by atoms with van der Waals surface area (Å²) in [4.78, 5) is 67.8. The molecule has 0 radical (unpaired) electrons. The minimum Gasteiger partial charge on any atom is -0.480 e. The Morgan fingerprint density at radius 1 is 0.968 bits per heavy atom. The van der Waals surface area contributed by atoms with Crippen LogP contribution in [0, 0.1) is 24.0 Å². The highest BCUT2D eigenvalue weighted by molar-refractivity contribution is 7.14. The SMILES string of the molecule is CC1=C(C)[C@@H](C(=O)N[C@@H](C)c2ccc(-c3scnc3C)cc2)N(C(=O)[C@@H](NC(=O)CCCCNC(=O)COc2c(-c3csc(N4CCOCC4)n3)ccc(F)c2F)C(C)(C)C)C1. The van der Waals surface area contributed by atoms with E-state index in [-0.39, 0.29) is 48.8 Å². The third-order valence-corrected chi connectivity index (χ3v) is 13.0. The van der Waals surface area contributed by atoms with Gasteiger partial charge in [-0.2, -0.15) is 4.39 Å². The quantitative estimate of drug-likeness (QED) is 0.0799. The number of hydrogen-bond donors (Lipinski definition) is 3. The number of rotatable bonds is 16. The Labute approximate surface area is 369 Å². The second-order valence-electron chi connectivity index (χ2n) is 16.8. The molecule has 2 aliphatic rings. The maximum atomic E-state index is 15.0. The minimum atomic E-state index is -1.21. The summed E-state index contributed by atoms with van der Waals surface area (Å²) in [7, 11) is 0. The second kappa shape index (κ2) is 20.3. The molecule has 0 unspecified atom stereocenters. The Bertz CT molecular complexity index is 2280. The van der Waals surface area contributed by atoms with Gasteiger partial charge in [-0.25, -0.2) is 14.4 Å². The first-order valence-corrected chi connectivity index (χ1v) is 22.5. The Balaban J connectivity index is 0.979. The number of carbonyl (C=O) groups is 4. The lowest BCUT2D eigenvalue weighted by molar-refractivity contribution is -0.143. The third-order valence-electron chi connectivity index (χ3n) is 11.1. The first-order chi connectivity index (χ1) is 29.5. The predicted octanol–water partition coefficient (Wildman–Crippen LogP) is 6.98. The molecule has 3 N–H and O–H groups in total. The summed E-state index contributed by atoms with van der Waals surface area (Å²) in [6.45, 7) is 15.6. The van der Waals surface area contributed by atoms with Gasteiger partial charge in [-0.15, -0.1) is 22.7 Å². The van der Waals surface area contributed by atoms with Crippen molar-refractivity contribution >= 4 is 51.4 Å². The molecule has 2 aromatic carbocycles. The van der Waals surface area contributed by atoms with E-state index in [2.05, 4.69) is 30.8 Å². The van der Waals surface area contributed by atoms with E-state index in [1.54, 1.807) is 21.6 Å². The number of ether oxygens (including phenoxy) is 2. The molecule has 4 amide bonds. The van der Waals surface area contributed by atoms with Gasteiger partial charge < -0.3 is 35.2 Å². The normalized spacial score (nSPS) is 16.6. The largest absolute Gasteiger partial charge is 0.480 e. The Kier molecular flexibility index (Phi) is 15.1. The standard InChI is InChI=1S/C45H55F2N7O6S2/c1-26-22-54(38(27(26)2)42(57)50-28(3)30-11-13-31(14-12-30)40-29(4)49-25-62-40)43(58)41(45(5,6)7)52-35(55)10-8-9-17-48-36(56)23-60-39-32(15-16-33(46)37(39)47)34-24-61-44(51-34)53-18-20-59-21-19-53/h11-16,24-25,28,38,41H,8-10,17-23H2,1-7H3,(H,48,56)(H,50,57)(H,52,55)/t28-,38-,41+/m0/s1. The summed E-state index contributed by atoms with van der Waals surface area (Å²) < 4.78 is 40.2. The van der Waals surface area contributed by atoms with Gasteiger partial charge >= 0.3 is 0 Å². The zero-order valence-corrected chi connectivity index (χ0v) is 37.9. The van der Waals surface area contributed by atoms with Crippen LogP contribution in [0.15, 0.2) is 58.4 Å². The highest BCUT2D eigenvalue weighted by Gasteiger charge is 2.43. The first kappa shape index (κ1) is 46.2. The number of halogens is 2. The maximum absolute atomic E-state index is 15.0. The fourth-order valence-electron chi connectivity index (χ4n) is 7.40. The fraction of sp³-hybridized carbons (Fsp3) is 0.467. The van der Waals surface area contributed by atoms with Gasteiger partial charge in [-0.1, -0.05) is 50.6 Å². The topological polar surface area (TPSA) is 155 Å². The fourth-order valence-corrected chi connectivity index (χ4v) is 9.09. The molecule has 332 valence electrons. The number of nitrogens with zero attached hydrogens (tertiary/aromatic N) is 4. The molecule has 4 heterocycles. The summed E-state index contributed by atoms with van der Waals surface area (Å²) in [5.74, 6) is -4.27. The van der Waals surface area contributed by atoms with E-state index in [0.29, 0.717) is 44.8 Å². The molecule has 4 aromatic rings. The zero-order chi connectivity index (χ0) is 44.7. The van der Waals surface area contributed by atoms with Crippen molar-refractivity contribution in [3.63, 3.8) is 0 Å². The number of unbranched alkanes of at least 4 members (excludes halogenated alkanes) is 1. The van der Waals surface area contributed by atoms with Gasteiger partial charge in [0, 0.05) is 43.5 Å². The molecular weight excluding hydrogens is 837 g/mol. The van der Waals surface area contributed by atoms with Crippen LogP contribution in [0.1, 0.15) is 78.1 Å². The molecule has 62 heavy (non-hydrogen) atoms. The first-order valence-electron chi connectivity index (χ1n) is 20.8. The number of amides is 4. The lowest BCUT2D eigenvalue weighted by Crippen LogP contribution is -2.58. The number of nitrogens with one attached hydrogen (secondary N) is 3. The number of morpholine rings is 1. The molecule has 1 fully saturated rings. The van der Waals surface area contributed by atoms with Crippen LogP contribution in [0.3, 0.4) is 0 Å². The number of carbonyl (C=O) groups excluding carboxylic acids is 4. The smallest absolute Gasteiger partial charge is 0.257 e. The molecule has 6 rings (SSSR count). The van der Waals surface area contributed by atoms with E-state index in [9.17, 15) is 28.0 Å². The van der Waals surface area contributed by atoms with E-state index in [1.165, 1.54) is 17.4 Å². The molecule has 0 aliphatic carbocycles. The van der Waals surface area contributed by atoms with Crippen molar-refractivity contribution in [2.75, 3.05) is 50.9 Å². The maximum Gasteiger partial charge on any atom is 0.257 e. The Morgan fingerprint density at radius 3 is 2.37 bits per heavy atom. The Hall–Kier alpha value is -5.26. The van der Waals surface area contributed by atoms with Crippen LogP contribution < -0.4 is 25.6 Å². The van der Waals surface area contributed by atoms with Crippen LogP contribution in [-0.4, -0.2) is 96.6 Å². The van der Waals surface area contributed by atoms with Crippen molar-refractivity contribution in [3.8, 4) is 27.4 Å². The monoisotopic (exact) mass is 891 g/mol. The minimum absolute atomic E-state index is 0.0866. The number of anilines is 1. The van der Waals surface area contributed by atoms with E-state index >= 15 is 0 Å². The summed E-state index contributed by atoms with van der Waals surface area (Å²) in [5.41, 5.74) is 6.42. The Morgan fingerprint density at radius 2 is 1.69 bits per heavy atom. The second-order valence-corrected chi connectivity index (χ2v) is 18.5. The number of thiazole rings is 2. The summed E-state index contributed by atoms with van der Waals surface area (Å²) in [6.07, 6.45) is 0.912. The average Bonchev–Trinajstić information content (AvgIpc) is 3.99. The molecule has 17 heteroatoms. The number of hydrogen-bond acceptors (Lipinski definition) is 11. The van der Waals surface area contributed by atoms with Gasteiger partial charge in [-0.05, 0) is 74.8 Å². The highest BCUT2D eigenvalue weighted by atomic mass is 32.1. The molecule has 13 nitrogen and oxygen atoms in total. The summed E-state index contributed by atoms with van der Waals surface area (Å²) in [5, 5.41) is 11.2. The van der Waals surface area contributed by atoms with Crippen LogP contribution in [-0.2, 0) is 23.9 Å². The molecule has 1 saturated heterocycles. The highest BCUT2D eigenvalue weighted by Crippen LogP contribution is 2.37. The molecule has 0 spiro atoms. The van der Waals surface area contributed by atoms with Crippen LogP contribution in [0.5, 0.6) is 5.75 Å². The molecule has 0 bridgehead atoms. The molecule has 0 saturated carbocycles. The molecular formula is C45H55F2N7O6S2. The van der Waals surface area contributed by atoms with E-state index in [4.69, 9.17) is 9.47 Å². The van der Waals surface area contributed by atoms with Crippen LogP contribution in [0.25, 0.3) is 21.7 Å². The van der Waals surface area contributed by atoms with Crippen LogP contribution in [0.2, 0.25) is 0 Å². The number of benzene rings is 2.